The lowest BCUT2D eigenvalue weighted by Crippen LogP contribution is -3.00. The van der Waals surface area contributed by atoms with Gasteiger partial charge in [0, 0.05) is 11.1 Å². The summed E-state index contributed by atoms with van der Waals surface area (Å²) in [6.45, 7) is 9.60. The fourth-order valence-corrected chi connectivity index (χ4v) is 7.00. The average molecular weight is 626 g/mol. The van der Waals surface area contributed by atoms with Crippen LogP contribution in [0.4, 0.5) is 0 Å². The number of unbranched alkanes of at least 4 members (excludes halogenated alkanes) is 22. The van der Waals surface area contributed by atoms with Crippen LogP contribution in [0.1, 0.15) is 179 Å². The molecule has 0 saturated carbocycles. The summed E-state index contributed by atoms with van der Waals surface area (Å²) in [6.07, 6.45) is 34.2. The van der Waals surface area contributed by atoms with Crippen LogP contribution in [0, 0.1) is 0 Å². The number of hydrogen-bond donors (Lipinski definition) is 0. The van der Waals surface area contributed by atoms with Gasteiger partial charge < -0.3 is 16.9 Å². The maximum atomic E-state index is 2.36. The molecule has 0 saturated heterocycles. The molecule has 0 aliphatic heterocycles. The van der Waals surface area contributed by atoms with Gasteiger partial charge in [-0.25, -0.2) is 0 Å². The molecule has 2 aromatic carbocycles. The Labute approximate surface area is 282 Å². The third kappa shape index (κ3) is 21.4. The number of quaternary nitrogens is 1. The highest BCUT2D eigenvalue weighted by Gasteiger charge is 2.27. The molecule has 1 nitrogen and oxygen atoms in total. The van der Waals surface area contributed by atoms with E-state index in [1.807, 2.05) is 0 Å². The Bertz CT molecular complexity index is 764. The smallest absolute Gasteiger partial charge is 0.105 e. The number of halogens is 1. The third-order valence-corrected chi connectivity index (χ3v) is 9.69. The summed E-state index contributed by atoms with van der Waals surface area (Å²) in [6, 6.07) is 22.7. The Hall–Kier alpha value is -1.31. The number of hydrogen-bond acceptors (Lipinski definition) is 0. The first-order valence-corrected chi connectivity index (χ1v) is 19.2. The Kier molecular flexibility index (Phi) is 26.9. The highest BCUT2D eigenvalue weighted by atomic mass is 35.5. The molecule has 0 bridgehead atoms. The predicted molar refractivity (Wildman–Crippen MR) is 192 cm³/mol. The van der Waals surface area contributed by atoms with Crippen molar-refractivity contribution in [2.24, 2.45) is 0 Å². The van der Waals surface area contributed by atoms with Crippen molar-refractivity contribution in [1.29, 1.82) is 0 Å². The van der Waals surface area contributed by atoms with Crippen LogP contribution in [0.25, 0.3) is 0 Å². The van der Waals surface area contributed by atoms with Crippen molar-refractivity contribution in [3.05, 3.63) is 71.8 Å². The SMILES string of the molecule is CCCCCCCCCCCCCC[N+](CCCCCCCCCCCCCC)(Cc1ccccc1)Cc1ccccc1.[Cl-]. The molecule has 2 heteroatoms. The molecule has 0 fully saturated rings. The van der Waals surface area contributed by atoms with E-state index in [0.717, 1.165) is 0 Å². The number of benzene rings is 2. The normalized spacial score (nSPS) is 11.5. The first kappa shape index (κ1) is 40.7. The summed E-state index contributed by atoms with van der Waals surface area (Å²) in [7, 11) is 0. The lowest BCUT2D eigenvalue weighted by molar-refractivity contribution is -0.954. The van der Waals surface area contributed by atoms with E-state index in [0.29, 0.717) is 0 Å². The van der Waals surface area contributed by atoms with E-state index in [1.165, 1.54) is 196 Å². The minimum Gasteiger partial charge on any atom is -1.00 e. The Balaban J connectivity index is 0.00000968. The highest BCUT2D eigenvalue weighted by molar-refractivity contribution is 5.15. The first-order valence-electron chi connectivity index (χ1n) is 19.2. The van der Waals surface area contributed by atoms with Crippen molar-refractivity contribution in [2.45, 2.75) is 181 Å². The highest BCUT2D eigenvalue weighted by Crippen LogP contribution is 2.24. The minimum atomic E-state index is 0. The van der Waals surface area contributed by atoms with E-state index in [9.17, 15) is 0 Å². The molecule has 0 unspecified atom stereocenters. The Morgan fingerprint density at radius 2 is 0.591 bits per heavy atom. The molecule has 252 valence electrons. The average Bonchev–Trinajstić information content (AvgIpc) is 3.03. The molecule has 0 radical (unpaired) electrons. The van der Waals surface area contributed by atoms with Crippen LogP contribution in [0.3, 0.4) is 0 Å². The van der Waals surface area contributed by atoms with Crippen LogP contribution < -0.4 is 12.4 Å². The van der Waals surface area contributed by atoms with E-state index >= 15 is 0 Å². The maximum Gasteiger partial charge on any atom is 0.105 e. The van der Waals surface area contributed by atoms with Crippen LogP contribution in [0.2, 0.25) is 0 Å². The summed E-state index contributed by atoms with van der Waals surface area (Å²) in [5.74, 6) is 0. The number of nitrogens with zero attached hydrogens (tertiary/aromatic N) is 1. The molecule has 0 aromatic heterocycles. The van der Waals surface area contributed by atoms with Crippen molar-refractivity contribution in [3.63, 3.8) is 0 Å². The van der Waals surface area contributed by atoms with Gasteiger partial charge in [-0.05, 0) is 25.7 Å². The third-order valence-electron chi connectivity index (χ3n) is 9.69. The summed E-state index contributed by atoms with van der Waals surface area (Å²) < 4.78 is 1.23. The van der Waals surface area contributed by atoms with E-state index < -0.39 is 0 Å². The minimum absolute atomic E-state index is 0. The van der Waals surface area contributed by atoms with Gasteiger partial charge in [-0.2, -0.15) is 0 Å². The molecule has 0 spiro atoms. The molecule has 0 atom stereocenters. The Morgan fingerprint density at radius 3 is 0.864 bits per heavy atom. The van der Waals surface area contributed by atoms with Crippen LogP contribution in [0.5, 0.6) is 0 Å². The topological polar surface area (TPSA) is 0 Å². The van der Waals surface area contributed by atoms with Crippen LogP contribution >= 0.6 is 0 Å². The fourth-order valence-electron chi connectivity index (χ4n) is 7.00. The summed E-state index contributed by atoms with van der Waals surface area (Å²) >= 11 is 0. The molecule has 2 rings (SSSR count). The lowest BCUT2D eigenvalue weighted by atomic mass is 10.0. The summed E-state index contributed by atoms with van der Waals surface area (Å²) in [5.41, 5.74) is 3.02. The lowest BCUT2D eigenvalue weighted by Gasteiger charge is -2.39. The van der Waals surface area contributed by atoms with Gasteiger partial charge in [-0.1, -0.05) is 203 Å². The molecule has 2 aromatic rings. The molecule has 0 aliphatic carbocycles. The van der Waals surface area contributed by atoms with Gasteiger partial charge in [0.15, 0.2) is 0 Å². The fraction of sp³-hybridized carbons (Fsp3) is 0.714. The largest absolute Gasteiger partial charge is 1.00 e. The maximum absolute atomic E-state index is 2.36. The second-order valence-electron chi connectivity index (χ2n) is 13.9. The van der Waals surface area contributed by atoms with Gasteiger partial charge in [-0.15, -0.1) is 0 Å². The van der Waals surface area contributed by atoms with E-state index in [1.54, 1.807) is 0 Å². The monoisotopic (exact) mass is 626 g/mol. The van der Waals surface area contributed by atoms with Crippen LogP contribution in [-0.2, 0) is 13.1 Å². The molecule has 0 aliphatic rings. The van der Waals surface area contributed by atoms with Gasteiger partial charge in [0.05, 0.1) is 13.1 Å². The Morgan fingerprint density at radius 1 is 0.341 bits per heavy atom. The molecular weight excluding hydrogens is 554 g/mol. The van der Waals surface area contributed by atoms with E-state index in [4.69, 9.17) is 0 Å². The van der Waals surface area contributed by atoms with Gasteiger partial charge >= 0.3 is 0 Å². The number of rotatable bonds is 30. The molecular formula is C42H72ClN. The second-order valence-corrected chi connectivity index (χ2v) is 13.9. The molecule has 0 amide bonds. The predicted octanol–water partition coefficient (Wildman–Crippen LogP) is 10.6. The van der Waals surface area contributed by atoms with Crippen molar-refractivity contribution in [3.8, 4) is 0 Å². The summed E-state index contributed by atoms with van der Waals surface area (Å²) in [4.78, 5) is 0. The zero-order valence-corrected chi connectivity index (χ0v) is 30.2. The zero-order valence-electron chi connectivity index (χ0n) is 29.4. The van der Waals surface area contributed by atoms with Gasteiger partial charge in [-0.3, -0.25) is 0 Å². The van der Waals surface area contributed by atoms with Crippen LogP contribution in [0.15, 0.2) is 60.7 Å². The van der Waals surface area contributed by atoms with Gasteiger partial charge in [0.1, 0.15) is 13.1 Å². The standard InChI is InChI=1S/C42H72N.ClH/c1-3-5-7-9-11-13-15-17-19-21-23-31-37-43(39-41-33-27-25-28-34-41,40-42-35-29-26-30-36-42)38-32-24-22-20-18-16-14-12-10-8-6-4-2;/h25-30,33-36H,3-24,31-32,37-40H2,1-2H3;1H/q+1;/p-1. The van der Waals surface area contributed by atoms with Gasteiger partial charge in [0.2, 0.25) is 0 Å². The van der Waals surface area contributed by atoms with Crippen molar-refractivity contribution >= 4 is 0 Å². The first-order chi connectivity index (χ1) is 21.3. The van der Waals surface area contributed by atoms with Gasteiger partial charge in [0.25, 0.3) is 0 Å². The van der Waals surface area contributed by atoms with Crippen LogP contribution in [-0.4, -0.2) is 17.6 Å². The molecule has 0 N–H and O–H groups in total. The zero-order chi connectivity index (χ0) is 30.5. The van der Waals surface area contributed by atoms with E-state index in [-0.39, 0.29) is 12.4 Å². The van der Waals surface area contributed by atoms with E-state index in [2.05, 4.69) is 74.5 Å². The summed E-state index contributed by atoms with van der Waals surface area (Å²) in [5, 5.41) is 0. The molecule has 44 heavy (non-hydrogen) atoms. The quantitative estimate of drug-likeness (QED) is 0.0598. The molecule has 0 heterocycles. The van der Waals surface area contributed by atoms with Crippen molar-refractivity contribution in [2.75, 3.05) is 13.1 Å². The van der Waals surface area contributed by atoms with Crippen molar-refractivity contribution in [1.82, 2.24) is 0 Å². The second kappa shape index (κ2) is 29.1. The van der Waals surface area contributed by atoms with Crippen molar-refractivity contribution < 1.29 is 16.9 Å².